The number of ether oxygens (including phenoxy) is 1. The van der Waals surface area contributed by atoms with E-state index in [1.165, 1.54) is 48.5 Å². The zero-order valence-electron chi connectivity index (χ0n) is 13.9. The van der Waals surface area contributed by atoms with Crippen LogP contribution in [0.1, 0.15) is 11.3 Å². The predicted octanol–water partition coefficient (Wildman–Crippen LogP) is 5.03. The van der Waals surface area contributed by atoms with Gasteiger partial charge in [0, 0.05) is 10.7 Å². The van der Waals surface area contributed by atoms with E-state index in [0.717, 1.165) is 6.20 Å². The van der Waals surface area contributed by atoms with E-state index < -0.39 is 23.7 Å². The maximum Gasteiger partial charge on any atom is 0.437 e. The van der Waals surface area contributed by atoms with Crippen LogP contribution in [0.15, 0.2) is 54.7 Å². The molecule has 0 unspecified atom stereocenters. The number of aromatic nitrogens is 2. The van der Waals surface area contributed by atoms with Crippen molar-refractivity contribution in [1.82, 2.24) is 9.78 Å². The van der Waals surface area contributed by atoms with E-state index in [1.54, 1.807) is 0 Å². The number of hydrogen-bond donors (Lipinski definition) is 1. The number of carbonyl (C=O) groups is 1. The van der Waals surface area contributed by atoms with Crippen molar-refractivity contribution >= 4 is 23.4 Å². The number of halogens is 4. The Hall–Kier alpha value is -3.51. The highest BCUT2D eigenvalue weighted by molar-refractivity contribution is 6.30. The summed E-state index contributed by atoms with van der Waals surface area (Å²) in [5.41, 5.74) is -0.698. The molecule has 3 rings (SSSR count). The van der Waals surface area contributed by atoms with Crippen molar-refractivity contribution in [3.63, 3.8) is 0 Å². The van der Waals surface area contributed by atoms with Crippen molar-refractivity contribution < 1.29 is 22.7 Å². The minimum absolute atomic E-state index is 0.0914. The Kier molecular flexibility index (Phi) is 5.24. The summed E-state index contributed by atoms with van der Waals surface area (Å²) in [5, 5.41) is 15.1. The maximum absolute atomic E-state index is 13.5. The number of nitrogens with zero attached hydrogens (tertiary/aromatic N) is 3. The molecule has 3 aromatic rings. The summed E-state index contributed by atoms with van der Waals surface area (Å²) in [4.78, 5) is 12.0. The van der Waals surface area contributed by atoms with Gasteiger partial charge in [0.15, 0.2) is 11.4 Å². The number of anilines is 1. The smallest absolute Gasteiger partial charge is 0.406 e. The number of alkyl halides is 3. The number of rotatable bonds is 3. The van der Waals surface area contributed by atoms with Crippen molar-refractivity contribution in [2.45, 2.75) is 6.18 Å². The molecule has 0 fully saturated rings. The molecule has 1 heterocycles. The third kappa shape index (κ3) is 4.24. The highest BCUT2D eigenvalue weighted by Crippen LogP contribution is 2.37. The topological polar surface area (TPSA) is 79.9 Å². The number of hydrogen-bond acceptors (Lipinski definition) is 4. The van der Waals surface area contributed by atoms with Crippen LogP contribution in [-0.2, 0) is 6.18 Å². The third-order valence-corrected chi connectivity index (χ3v) is 3.77. The molecule has 0 aliphatic rings. The molecule has 1 amide bonds. The van der Waals surface area contributed by atoms with Crippen LogP contribution < -0.4 is 10.1 Å². The molecule has 10 heteroatoms. The summed E-state index contributed by atoms with van der Waals surface area (Å²) in [6.45, 7) is 0. The van der Waals surface area contributed by atoms with Gasteiger partial charge in [-0.05, 0) is 42.5 Å². The van der Waals surface area contributed by atoms with Crippen molar-refractivity contribution in [3.05, 3.63) is 71.0 Å². The summed E-state index contributed by atoms with van der Waals surface area (Å²) in [6, 6.07) is 13.2. The molecule has 0 aliphatic heterocycles. The lowest BCUT2D eigenvalue weighted by atomic mass is 10.2. The van der Waals surface area contributed by atoms with Gasteiger partial charge in [0.25, 0.3) is 0 Å². The zero-order valence-corrected chi connectivity index (χ0v) is 14.6. The van der Waals surface area contributed by atoms with Gasteiger partial charge >= 0.3 is 12.3 Å². The van der Waals surface area contributed by atoms with Gasteiger partial charge in [-0.2, -0.15) is 23.5 Å². The fourth-order valence-electron chi connectivity index (χ4n) is 2.36. The van der Waals surface area contributed by atoms with Crippen LogP contribution in [0.2, 0.25) is 5.02 Å². The van der Waals surface area contributed by atoms with E-state index in [-0.39, 0.29) is 16.9 Å². The number of nitrogens with one attached hydrogen (secondary N) is 1. The molecular weight excluding hydrogens is 397 g/mol. The van der Waals surface area contributed by atoms with Crippen LogP contribution in [0.25, 0.3) is 5.69 Å². The molecule has 2 aromatic carbocycles. The Morgan fingerprint density at radius 3 is 2.57 bits per heavy atom. The standard InChI is InChI=1S/C18H10ClF3N4O2/c19-12-4-6-14(7-5-12)26-16(18(20,21)22)15(10-24-26)28-17(27)25-13-3-1-2-11(8-13)9-23/h1-8,10H,(H,25,27). The Balaban J connectivity index is 1.88. The van der Waals surface area contributed by atoms with Gasteiger partial charge in [-0.3, -0.25) is 5.32 Å². The molecule has 0 aliphatic carbocycles. The summed E-state index contributed by atoms with van der Waals surface area (Å²) in [7, 11) is 0. The maximum atomic E-state index is 13.5. The molecule has 1 aromatic heterocycles. The van der Waals surface area contributed by atoms with Crippen molar-refractivity contribution in [1.29, 1.82) is 5.26 Å². The number of benzene rings is 2. The van der Waals surface area contributed by atoms with Crippen LogP contribution >= 0.6 is 11.6 Å². The molecule has 0 bridgehead atoms. The highest BCUT2D eigenvalue weighted by Gasteiger charge is 2.40. The molecule has 28 heavy (non-hydrogen) atoms. The quantitative estimate of drug-likeness (QED) is 0.661. The summed E-state index contributed by atoms with van der Waals surface area (Å²) < 4.78 is 46.1. The molecule has 0 atom stereocenters. The van der Waals surface area contributed by atoms with Gasteiger partial charge in [0.05, 0.1) is 23.5 Å². The third-order valence-electron chi connectivity index (χ3n) is 3.52. The number of nitriles is 1. The van der Waals surface area contributed by atoms with Crippen molar-refractivity contribution in [2.75, 3.05) is 5.32 Å². The average molecular weight is 407 g/mol. The second-order valence-corrected chi connectivity index (χ2v) is 5.89. The first kappa shape index (κ1) is 19.3. The van der Waals surface area contributed by atoms with E-state index >= 15 is 0 Å². The Morgan fingerprint density at radius 2 is 1.93 bits per heavy atom. The first-order valence-electron chi connectivity index (χ1n) is 7.68. The predicted molar refractivity (Wildman–Crippen MR) is 94.4 cm³/mol. The normalized spacial score (nSPS) is 11.0. The van der Waals surface area contributed by atoms with E-state index in [1.807, 2.05) is 6.07 Å². The van der Waals surface area contributed by atoms with Gasteiger partial charge < -0.3 is 4.74 Å². The van der Waals surface area contributed by atoms with Crippen LogP contribution in [0.3, 0.4) is 0 Å². The molecule has 0 saturated carbocycles. The van der Waals surface area contributed by atoms with Gasteiger partial charge in [0.2, 0.25) is 0 Å². The van der Waals surface area contributed by atoms with Gasteiger partial charge in [0.1, 0.15) is 0 Å². The fraction of sp³-hybridized carbons (Fsp3) is 0.0556. The van der Waals surface area contributed by atoms with E-state index in [4.69, 9.17) is 21.6 Å². The largest absolute Gasteiger partial charge is 0.437 e. The molecule has 0 spiro atoms. The van der Waals surface area contributed by atoms with Crippen molar-refractivity contribution in [3.8, 4) is 17.5 Å². The van der Waals surface area contributed by atoms with E-state index in [0.29, 0.717) is 9.70 Å². The lowest BCUT2D eigenvalue weighted by Crippen LogP contribution is -2.20. The van der Waals surface area contributed by atoms with Crippen LogP contribution in [0.5, 0.6) is 5.75 Å². The molecule has 142 valence electrons. The number of carbonyl (C=O) groups excluding carboxylic acids is 1. The van der Waals surface area contributed by atoms with Crippen LogP contribution in [-0.4, -0.2) is 15.9 Å². The zero-order chi connectivity index (χ0) is 20.3. The number of amides is 1. The SMILES string of the molecule is N#Cc1cccc(NC(=O)Oc2cnn(-c3ccc(Cl)cc3)c2C(F)(F)F)c1. The van der Waals surface area contributed by atoms with E-state index in [9.17, 15) is 18.0 Å². The van der Waals surface area contributed by atoms with E-state index in [2.05, 4.69) is 10.4 Å². The molecule has 1 N–H and O–H groups in total. The second kappa shape index (κ2) is 7.62. The fourth-order valence-corrected chi connectivity index (χ4v) is 2.48. The Bertz CT molecular complexity index is 1060. The molecule has 6 nitrogen and oxygen atoms in total. The monoisotopic (exact) mass is 406 g/mol. The Labute approximate surface area is 161 Å². The van der Waals surface area contributed by atoms with Crippen LogP contribution in [0.4, 0.5) is 23.7 Å². The molecule has 0 saturated heterocycles. The summed E-state index contributed by atoms with van der Waals surface area (Å²) >= 11 is 5.75. The Morgan fingerprint density at radius 1 is 1.21 bits per heavy atom. The van der Waals surface area contributed by atoms with Gasteiger partial charge in [-0.1, -0.05) is 17.7 Å². The average Bonchev–Trinajstić information content (AvgIpc) is 3.06. The highest BCUT2D eigenvalue weighted by atomic mass is 35.5. The summed E-state index contributed by atoms with van der Waals surface area (Å²) in [5.74, 6) is -0.767. The minimum atomic E-state index is -4.84. The lowest BCUT2D eigenvalue weighted by Gasteiger charge is -2.13. The van der Waals surface area contributed by atoms with Crippen LogP contribution in [0, 0.1) is 11.3 Å². The first-order chi connectivity index (χ1) is 13.3. The van der Waals surface area contributed by atoms with Crippen molar-refractivity contribution in [2.24, 2.45) is 0 Å². The lowest BCUT2D eigenvalue weighted by molar-refractivity contribution is -0.143. The second-order valence-electron chi connectivity index (χ2n) is 5.45. The minimum Gasteiger partial charge on any atom is -0.406 e. The summed E-state index contributed by atoms with van der Waals surface area (Å²) in [6.07, 6.45) is -5.20. The first-order valence-corrected chi connectivity index (χ1v) is 8.06. The van der Waals surface area contributed by atoms with Gasteiger partial charge in [-0.25, -0.2) is 9.48 Å². The molecule has 0 radical (unpaired) electrons. The van der Waals surface area contributed by atoms with Gasteiger partial charge in [-0.15, -0.1) is 0 Å². The molecular formula is C18H10ClF3N4O2.